The number of hydrogen-bond donors (Lipinski definition) is 0. The Labute approximate surface area is 126 Å². The van der Waals surface area contributed by atoms with Gasteiger partial charge in [-0.3, -0.25) is 9.78 Å². The van der Waals surface area contributed by atoms with Crippen LogP contribution in [0.2, 0.25) is 0 Å². The first-order valence-electron chi connectivity index (χ1n) is 6.92. The molecule has 0 fully saturated rings. The minimum Gasteiger partial charge on any atom is -0.495 e. The number of alkyl halides is 3. The van der Waals surface area contributed by atoms with Crippen molar-refractivity contribution in [2.45, 2.75) is 25.4 Å². The van der Waals surface area contributed by atoms with Gasteiger partial charge < -0.3 is 9.64 Å². The Bertz CT molecular complexity index is 570. The van der Waals surface area contributed by atoms with E-state index in [4.69, 9.17) is 4.74 Å². The van der Waals surface area contributed by atoms with Crippen molar-refractivity contribution in [3.05, 3.63) is 30.1 Å². The Morgan fingerprint density at radius 2 is 2.18 bits per heavy atom. The molecule has 1 aliphatic heterocycles. The Balaban J connectivity index is 1.95. The van der Waals surface area contributed by atoms with Crippen LogP contribution >= 0.6 is 0 Å². The fourth-order valence-corrected chi connectivity index (χ4v) is 2.27. The van der Waals surface area contributed by atoms with Crippen molar-refractivity contribution >= 4 is 11.5 Å². The molecule has 2 heterocycles. The van der Waals surface area contributed by atoms with E-state index in [0.29, 0.717) is 25.3 Å². The predicted octanol–water partition coefficient (Wildman–Crippen LogP) is 3.05. The van der Waals surface area contributed by atoms with Gasteiger partial charge in [-0.15, -0.1) is 0 Å². The highest BCUT2D eigenvalue weighted by Gasteiger charge is 2.29. The predicted molar refractivity (Wildman–Crippen MR) is 75.3 cm³/mol. The maximum Gasteiger partial charge on any atom is 0.389 e. The zero-order chi connectivity index (χ0) is 16.2. The number of halogens is 3. The van der Waals surface area contributed by atoms with E-state index in [9.17, 15) is 18.0 Å². The molecule has 4 nitrogen and oxygen atoms in total. The van der Waals surface area contributed by atoms with Gasteiger partial charge >= 0.3 is 6.18 Å². The first-order valence-corrected chi connectivity index (χ1v) is 6.92. The molecule has 1 aliphatic rings. The molecular formula is C15H17F3N2O2. The fourth-order valence-electron chi connectivity index (χ4n) is 2.27. The molecule has 0 radical (unpaired) electrons. The quantitative estimate of drug-likeness (QED) is 0.858. The number of rotatable bonds is 4. The van der Waals surface area contributed by atoms with Gasteiger partial charge in [0, 0.05) is 25.7 Å². The average Bonchev–Trinajstić information content (AvgIpc) is 2.52. The topological polar surface area (TPSA) is 42.4 Å². The van der Waals surface area contributed by atoms with Crippen LogP contribution in [0.4, 0.5) is 13.2 Å². The first-order chi connectivity index (χ1) is 10.4. The first kappa shape index (κ1) is 16.3. The lowest BCUT2D eigenvalue weighted by Crippen LogP contribution is -2.35. The lowest BCUT2D eigenvalue weighted by atomic mass is 10.0. The van der Waals surface area contributed by atoms with E-state index in [-0.39, 0.29) is 0 Å². The zero-order valence-corrected chi connectivity index (χ0v) is 12.2. The number of hydrogen-bond acceptors (Lipinski definition) is 3. The van der Waals surface area contributed by atoms with Crippen LogP contribution in [-0.4, -0.2) is 42.2 Å². The molecule has 1 aromatic rings. The van der Waals surface area contributed by atoms with Gasteiger partial charge in [-0.1, -0.05) is 6.08 Å². The van der Waals surface area contributed by atoms with Crippen LogP contribution in [0.1, 0.15) is 24.8 Å². The number of aromatic nitrogens is 1. The Morgan fingerprint density at radius 1 is 1.41 bits per heavy atom. The molecule has 7 heteroatoms. The van der Waals surface area contributed by atoms with Crippen molar-refractivity contribution in [3.8, 4) is 5.75 Å². The van der Waals surface area contributed by atoms with Gasteiger partial charge in [-0.25, -0.2) is 0 Å². The molecule has 0 N–H and O–H groups in total. The van der Waals surface area contributed by atoms with E-state index in [1.165, 1.54) is 4.90 Å². The normalized spacial score (nSPS) is 15.5. The minimum atomic E-state index is -4.29. The van der Waals surface area contributed by atoms with E-state index in [2.05, 4.69) is 4.98 Å². The molecule has 0 saturated heterocycles. The number of nitrogens with zero attached hydrogens (tertiary/aromatic N) is 2. The van der Waals surface area contributed by atoms with Gasteiger partial charge in [0.05, 0.1) is 19.7 Å². The Hall–Kier alpha value is -2.05. The SMILES string of the molecule is COc1cncc(C2=CCN(C(=O)CCC(F)(F)F)CC2)c1. The summed E-state index contributed by atoms with van der Waals surface area (Å²) in [6.07, 6.45) is -0.113. The molecule has 22 heavy (non-hydrogen) atoms. The number of pyridine rings is 1. The smallest absolute Gasteiger partial charge is 0.389 e. The summed E-state index contributed by atoms with van der Waals surface area (Å²) in [5, 5.41) is 0. The summed E-state index contributed by atoms with van der Waals surface area (Å²) >= 11 is 0. The van der Waals surface area contributed by atoms with Gasteiger partial charge in [-0.05, 0) is 23.6 Å². The van der Waals surface area contributed by atoms with Crippen LogP contribution in [-0.2, 0) is 4.79 Å². The van der Waals surface area contributed by atoms with Crippen molar-refractivity contribution in [1.29, 1.82) is 0 Å². The van der Waals surface area contributed by atoms with Gasteiger partial charge in [0.15, 0.2) is 0 Å². The highest BCUT2D eigenvalue weighted by molar-refractivity contribution is 5.78. The van der Waals surface area contributed by atoms with Crippen LogP contribution in [0.25, 0.3) is 5.57 Å². The van der Waals surface area contributed by atoms with E-state index < -0.39 is 24.9 Å². The molecule has 0 aliphatic carbocycles. The number of amides is 1. The molecular weight excluding hydrogens is 297 g/mol. The molecule has 0 spiro atoms. The van der Waals surface area contributed by atoms with Crippen molar-refractivity contribution in [1.82, 2.24) is 9.88 Å². The van der Waals surface area contributed by atoms with E-state index in [1.807, 2.05) is 12.1 Å². The standard InChI is InChI=1S/C15H17F3N2O2/c1-22-13-8-12(9-19-10-13)11-3-6-20(7-4-11)14(21)2-5-15(16,17)18/h3,8-10H,2,4-7H2,1H3. The van der Waals surface area contributed by atoms with Crippen LogP contribution in [0.3, 0.4) is 0 Å². The third-order valence-electron chi connectivity index (χ3n) is 3.50. The summed E-state index contributed by atoms with van der Waals surface area (Å²) in [4.78, 5) is 17.3. The lowest BCUT2D eigenvalue weighted by molar-refractivity contribution is -0.148. The zero-order valence-electron chi connectivity index (χ0n) is 12.2. The van der Waals surface area contributed by atoms with Crippen LogP contribution < -0.4 is 4.74 Å². The number of carbonyl (C=O) groups excluding carboxylic acids is 1. The molecule has 0 saturated carbocycles. The monoisotopic (exact) mass is 314 g/mol. The molecule has 1 aromatic heterocycles. The third kappa shape index (κ3) is 4.47. The minimum absolute atomic E-state index is 0.323. The largest absolute Gasteiger partial charge is 0.495 e. The maximum atomic E-state index is 12.1. The van der Waals surface area contributed by atoms with Crippen molar-refractivity contribution in [3.63, 3.8) is 0 Å². The van der Waals surface area contributed by atoms with Crippen molar-refractivity contribution in [2.24, 2.45) is 0 Å². The number of ether oxygens (including phenoxy) is 1. The second-order valence-electron chi connectivity index (χ2n) is 5.05. The fraction of sp³-hybridized carbons (Fsp3) is 0.467. The van der Waals surface area contributed by atoms with Gasteiger partial charge in [0.2, 0.25) is 5.91 Å². The second kappa shape index (κ2) is 6.81. The number of methoxy groups -OCH3 is 1. The highest BCUT2D eigenvalue weighted by atomic mass is 19.4. The van der Waals surface area contributed by atoms with E-state index in [0.717, 1.165) is 11.1 Å². The average molecular weight is 314 g/mol. The summed E-state index contributed by atoms with van der Waals surface area (Å²) in [6.45, 7) is 0.739. The van der Waals surface area contributed by atoms with E-state index >= 15 is 0 Å². The summed E-state index contributed by atoms with van der Waals surface area (Å²) in [5.41, 5.74) is 1.92. The highest BCUT2D eigenvalue weighted by Crippen LogP contribution is 2.26. The summed E-state index contributed by atoms with van der Waals surface area (Å²) in [6, 6.07) is 1.85. The number of carbonyl (C=O) groups is 1. The summed E-state index contributed by atoms with van der Waals surface area (Å²) in [7, 11) is 1.55. The molecule has 1 amide bonds. The van der Waals surface area contributed by atoms with Crippen LogP contribution in [0, 0.1) is 0 Å². The Kier molecular flexibility index (Phi) is 5.05. The van der Waals surface area contributed by atoms with Crippen molar-refractivity contribution in [2.75, 3.05) is 20.2 Å². The van der Waals surface area contributed by atoms with Gasteiger partial charge in [-0.2, -0.15) is 13.2 Å². The molecule has 0 unspecified atom stereocenters. The molecule has 0 aromatic carbocycles. The molecule has 120 valence electrons. The molecule has 0 atom stereocenters. The summed E-state index contributed by atoms with van der Waals surface area (Å²) in [5.74, 6) is 0.179. The maximum absolute atomic E-state index is 12.1. The van der Waals surface area contributed by atoms with Gasteiger partial charge in [0.25, 0.3) is 0 Å². The molecule has 2 rings (SSSR count). The third-order valence-corrected chi connectivity index (χ3v) is 3.50. The van der Waals surface area contributed by atoms with E-state index in [1.54, 1.807) is 19.5 Å². The second-order valence-corrected chi connectivity index (χ2v) is 5.05. The molecule has 0 bridgehead atoms. The summed E-state index contributed by atoms with van der Waals surface area (Å²) < 4.78 is 41.5. The van der Waals surface area contributed by atoms with Crippen LogP contribution in [0.15, 0.2) is 24.5 Å². The Morgan fingerprint density at radius 3 is 2.77 bits per heavy atom. The van der Waals surface area contributed by atoms with Gasteiger partial charge in [0.1, 0.15) is 5.75 Å². The van der Waals surface area contributed by atoms with Crippen LogP contribution in [0.5, 0.6) is 5.75 Å². The van der Waals surface area contributed by atoms with Crippen molar-refractivity contribution < 1.29 is 22.7 Å². The lowest BCUT2D eigenvalue weighted by Gasteiger charge is -2.27.